The molecule has 0 aliphatic carbocycles. The molecule has 0 saturated carbocycles. The number of benzene rings is 2. The highest BCUT2D eigenvalue weighted by Crippen LogP contribution is 2.30. The lowest BCUT2D eigenvalue weighted by Gasteiger charge is -2.36. The molecular weight excluding hydrogens is 433 g/mol. The first-order valence-corrected chi connectivity index (χ1v) is 10.1. The van der Waals surface area contributed by atoms with E-state index in [1.807, 2.05) is 24.3 Å². The lowest BCUT2D eigenvalue weighted by molar-refractivity contribution is -0.137. The third kappa shape index (κ3) is 6.60. The Balaban J connectivity index is 1.39. The number of nitrogens with one attached hydrogen (secondary N) is 2. The highest BCUT2D eigenvalue weighted by Gasteiger charge is 2.30. The quantitative estimate of drug-likeness (QED) is 0.681. The minimum absolute atomic E-state index is 0.0895. The van der Waals surface area contributed by atoms with Crippen molar-refractivity contribution in [3.05, 3.63) is 59.1 Å². The summed E-state index contributed by atoms with van der Waals surface area (Å²) in [5.74, 6) is -1.90. The average molecular weight is 455 g/mol. The van der Waals surface area contributed by atoms with E-state index in [1.165, 1.54) is 12.1 Å². The molecule has 0 bridgehead atoms. The molecule has 2 aromatic rings. The molecule has 0 radical (unpaired) electrons. The molecule has 2 amide bonds. The fraction of sp³-hybridized carbons (Fsp3) is 0.333. The lowest BCUT2D eigenvalue weighted by atomic mass is 10.2. The Bertz CT molecular complexity index is 914. The standard InChI is InChI=1S/C21H22ClF3N4O2/c22-16-4-6-18(7-5-16)29-12-10-28(11-13-29)9-8-26-19(30)20(31)27-17-3-1-2-15(14-17)21(23,24)25/h1-7,14H,8-13H2,(H,26,30)(H,27,31). The topological polar surface area (TPSA) is 64.7 Å². The smallest absolute Gasteiger partial charge is 0.369 e. The summed E-state index contributed by atoms with van der Waals surface area (Å²) in [6.45, 7) is 4.08. The van der Waals surface area contributed by atoms with Gasteiger partial charge in [-0.25, -0.2) is 0 Å². The van der Waals surface area contributed by atoms with Crippen LogP contribution < -0.4 is 15.5 Å². The van der Waals surface area contributed by atoms with E-state index in [4.69, 9.17) is 11.6 Å². The molecule has 1 aliphatic heterocycles. The molecule has 2 aromatic carbocycles. The van der Waals surface area contributed by atoms with Crippen LogP contribution in [0.25, 0.3) is 0 Å². The molecule has 2 N–H and O–H groups in total. The molecule has 31 heavy (non-hydrogen) atoms. The van der Waals surface area contributed by atoms with Crippen LogP contribution in [-0.2, 0) is 15.8 Å². The van der Waals surface area contributed by atoms with Gasteiger partial charge < -0.3 is 15.5 Å². The largest absolute Gasteiger partial charge is 0.416 e. The summed E-state index contributed by atoms with van der Waals surface area (Å²) in [4.78, 5) is 28.3. The van der Waals surface area contributed by atoms with Gasteiger partial charge in [-0.05, 0) is 42.5 Å². The van der Waals surface area contributed by atoms with Gasteiger partial charge in [-0.1, -0.05) is 17.7 Å². The van der Waals surface area contributed by atoms with E-state index in [0.29, 0.717) is 11.6 Å². The summed E-state index contributed by atoms with van der Waals surface area (Å²) in [6.07, 6.45) is -4.53. The fourth-order valence-electron chi connectivity index (χ4n) is 3.25. The highest BCUT2D eigenvalue weighted by molar-refractivity contribution is 6.39. The molecule has 0 atom stereocenters. The van der Waals surface area contributed by atoms with Crippen molar-refractivity contribution in [3.8, 4) is 0 Å². The number of alkyl halides is 3. The molecule has 6 nitrogen and oxygen atoms in total. The molecular formula is C21H22ClF3N4O2. The van der Waals surface area contributed by atoms with Gasteiger partial charge in [0.05, 0.1) is 5.56 Å². The van der Waals surface area contributed by atoms with Gasteiger partial charge in [-0.3, -0.25) is 14.5 Å². The van der Waals surface area contributed by atoms with Crippen molar-refractivity contribution in [2.24, 2.45) is 0 Å². The number of halogens is 4. The molecule has 0 unspecified atom stereocenters. The van der Waals surface area contributed by atoms with Crippen LogP contribution in [0, 0.1) is 0 Å². The zero-order valence-corrected chi connectivity index (χ0v) is 17.3. The number of hydrogen-bond donors (Lipinski definition) is 2. The number of hydrogen-bond acceptors (Lipinski definition) is 4. The van der Waals surface area contributed by atoms with Crippen molar-refractivity contribution >= 4 is 34.8 Å². The molecule has 166 valence electrons. The van der Waals surface area contributed by atoms with Crippen molar-refractivity contribution < 1.29 is 22.8 Å². The van der Waals surface area contributed by atoms with Gasteiger partial charge in [0, 0.05) is 55.7 Å². The molecule has 1 aliphatic rings. The summed E-state index contributed by atoms with van der Waals surface area (Å²) in [6, 6.07) is 11.8. The number of anilines is 2. The van der Waals surface area contributed by atoms with E-state index in [1.54, 1.807) is 0 Å². The average Bonchev–Trinajstić information content (AvgIpc) is 2.74. The first kappa shape index (κ1) is 22.9. The van der Waals surface area contributed by atoms with Crippen molar-refractivity contribution in [2.45, 2.75) is 6.18 Å². The Hall–Kier alpha value is -2.78. The molecule has 1 fully saturated rings. The Morgan fingerprint density at radius 2 is 1.65 bits per heavy atom. The van der Waals surface area contributed by atoms with Crippen molar-refractivity contribution in [3.63, 3.8) is 0 Å². The molecule has 0 aromatic heterocycles. The van der Waals surface area contributed by atoms with Crippen molar-refractivity contribution in [1.82, 2.24) is 10.2 Å². The summed E-state index contributed by atoms with van der Waals surface area (Å²) >= 11 is 5.91. The number of rotatable bonds is 5. The van der Waals surface area contributed by atoms with Gasteiger partial charge in [0.15, 0.2) is 0 Å². The third-order valence-electron chi connectivity index (χ3n) is 4.93. The van der Waals surface area contributed by atoms with Crippen molar-refractivity contribution in [1.29, 1.82) is 0 Å². The van der Waals surface area contributed by atoms with Crippen LogP contribution in [0.5, 0.6) is 0 Å². The Labute approximate surface area is 183 Å². The van der Waals surface area contributed by atoms with Gasteiger partial charge in [-0.2, -0.15) is 13.2 Å². The minimum atomic E-state index is -4.53. The van der Waals surface area contributed by atoms with Gasteiger partial charge in [0.2, 0.25) is 0 Å². The van der Waals surface area contributed by atoms with Crippen LogP contribution >= 0.6 is 11.6 Å². The monoisotopic (exact) mass is 454 g/mol. The maximum Gasteiger partial charge on any atom is 0.416 e. The zero-order chi connectivity index (χ0) is 22.4. The number of carbonyl (C=O) groups is 2. The third-order valence-corrected chi connectivity index (χ3v) is 5.18. The van der Waals surface area contributed by atoms with Crippen LogP contribution in [0.1, 0.15) is 5.56 Å². The summed E-state index contributed by atoms with van der Waals surface area (Å²) in [5, 5.41) is 5.38. The Morgan fingerprint density at radius 3 is 2.29 bits per heavy atom. The normalized spacial score (nSPS) is 14.9. The van der Waals surface area contributed by atoms with Crippen LogP contribution in [0.15, 0.2) is 48.5 Å². The van der Waals surface area contributed by atoms with Gasteiger partial charge in [-0.15, -0.1) is 0 Å². The van der Waals surface area contributed by atoms with Crippen LogP contribution in [0.2, 0.25) is 5.02 Å². The van der Waals surface area contributed by atoms with Gasteiger partial charge in [0.1, 0.15) is 0 Å². The maximum atomic E-state index is 12.7. The first-order valence-electron chi connectivity index (χ1n) is 9.72. The van der Waals surface area contributed by atoms with E-state index in [0.717, 1.165) is 44.0 Å². The van der Waals surface area contributed by atoms with Crippen molar-refractivity contribution in [2.75, 3.05) is 49.5 Å². The van der Waals surface area contributed by atoms with Crippen LogP contribution in [0.3, 0.4) is 0 Å². The second-order valence-electron chi connectivity index (χ2n) is 7.09. The van der Waals surface area contributed by atoms with E-state index >= 15 is 0 Å². The van der Waals surface area contributed by atoms with Gasteiger partial charge in [0.25, 0.3) is 0 Å². The van der Waals surface area contributed by atoms with Crippen LogP contribution in [-0.4, -0.2) is 56.0 Å². The SMILES string of the molecule is O=C(NCCN1CCN(c2ccc(Cl)cc2)CC1)C(=O)Nc1cccc(C(F)(F)F)c1. The lowest BCUT2D eigenvalue weighted by Crippen LogP contribution is -2.49. The minimum Gasteiger partial charge on any atom is -0.369 e. The fourth-order valence-corrected chi connectivity index (χ4v) is 3.38. The van der Waals surface area contributed by atoms with E-state index in [-0.39, 0.29) is 12.2 Å². The number of amides is 2. The number of piperazine rings is 1. The molecule has 10 heteroatoms. The molecule has 1 heterocycles. The zero-order valence-electron chi connectivity index (χ0n) is 16.6. The Morgan fingerprint density at radius 1 is 0.968 bits per heavy atom. The maximum absolute atomic E-state index is 12.7. The highest BCUT2D eigenvalue weighted by atomic mass is 35.5. The van der Waals surface area contributed by atoms with Gasteiger partial charge >= 0.3 is 18.0 Å². The summed E-state index contributed by atoms with van der Waals surface area (Å²) < 4.78 is 38.2. The number of nitrogens with zero attached hydrogens (tertiary/aromatic N) is 2. The molecule has 0 spiro atoms. The second-order valence-corrected chi connectivity index (χ2v) is 7.53. The summed E-state index contributed by atoms with van der Waals surface area (Å²) in [5.41, 5.74) is 0.111. The van der Waals surface area contributed by atoms with E-state index in [9.17, 15) is 22.8 Å². The Kier molecular flexibility index (Phi) is 7.40. The van der Waals surface area contributed by atoms with E-state index in [2.05, 4.69) is 20.4 Å². The second kappa shape index (κ2) is 10.0. The molecule has 3 rings (SSSR count). The van der Waals surface area contributed by atoms with Crippen LogP contribution in [0.4, 0.5) is 24.5 Å². The first-order chi connectivity index (χ1) is 14.7. The van der Waals surface area contributed by atoms with E-state index < -0.39 is 23.6 Å². The number of carbonyl (C=O) groups excluding carboxylic acids is 2. The predicted octanol–water partition coefficient (Wildman–Crippen LogP) is 3.24. The molecule has 1 saturated heterocycles. The predicted molar refractivity (Wildman–Crippen MR) is 113 cm³/mol. The summed E-state index contributed by atoms with van der Waals surface area (Å²) in [7, 11) is 0.